The molecule has 1 atom stereocenters. The molecule has 3 heterocycles. The number of carbonyl (C=O) groups is 5. The van der Waals surface area contributed by atoms with Crippen molar-refractivity contribution in [1.29, 1.82) is 0 Å². The second-order valence-corrected chi connectivity index (χ2v) is 11.3. The SMILES string of the molecule is O=C(O)CC(=O)Nc1cc2nc(-c3ccc(C#Cc4ccc(C(=O)N5CCCC[C@H]5C(=O)O)cc4Cl)cc3)cc(C(=O)NNCl)c2cn1. The molecule has 1 saturated heterocycles. The van der Waals surface area contributed by atoms with Crippen LogP contribution in [0.1, 0.15) is 57.5 Å². The number of aliphatic carboxylic acids is 2. The summed E-state index contributed by atoms with van der Waals surface area (Å²) in [5.74, 6) is 2.00. The van der Waals surface area contributed by atoms with Gasteiger partial charge in [0.2, 0.25) is 5.91 Å². The van der Waals surface area contributed by atoms with E-state index in [-0.39, 0.29) is 22.0 Å². The fourth-order valence-corrected chi connectivity index (χ4v) is 5.48. The van der Waals surface area contributed by atoms with Gasteiger partial charge < -0.3 is 20.4 Å². The van der Waals surface area contributed by atoms with Crippen molar-refractivity contribution in [1.82, 2.24) is 25.2 Å². The van der Waals surface area contributed by atoms with Gasteiger partial charge >= 0.3 is 11.9 Å². The summed E-state index contributed by atoms with van der Waals surface area (Å²) >= 11 is 11.9. The third-order valence-electron chi connectivity index (χ3n) is 7.47. The molecule has 48 heavy (non-hydrogen) atoms. The Labute approximate surface area is 283 Å². The van der Waals surface area contributed by atoms with Gasteiger partial charge in [-0.2, -0.15) is 0 Å². The van der Waals surface area contributed by atoms with E-state index in [0.29, 0.717) is 46.3 Å². The number of hydrogen-bond acceptors (Lipinski definition) is 8. The van der Waals surface area contributed by atoms with E-state index in [1.165, 1.54) is 23.2 Å². The van der Waals surface area contributed by atoms with Gasteiger partial charge in [0.25, 0.3) is 11.8 Å². The first kappa shape index (κ1) is 33.8. The van der Waals surface area contributed by atoms with Gasteiger partial charge in [-0.25, -0.2) is 14.8 Å². The molecule has 0 bridgehead atoms. The van der Waals surface area contributed by atoms with Crippen molar-refractivity contribution in [3.63, 3.8) is 0 Å². The molecule has 244 valence electrons. The number of nitrogens with zero attached hydrogens (tertiary/aromatic N) is 3. The highest BCUT2D eigenvalue weighted by molar-refractivity contribution is 6.32. The summed E-state index contributed by atoms with van der Waals surface area (Å²) in [4.78, 5) is 72.5. The van der Waals surface area contributed by atoms with Crippen molar-refractivity contribution >= 4 is 69.8 Å². The Kier molecular flexibility index (Phi) is 10.5. The molecule has 1 fully saturated rings. The number of halogens is 2. The largest absolute Gasteiger partial charge is 0.481 e. The van der Waals surface area contributed by atoms with Crippen molar-refractivity contribution in [2.75, 3.05) is 11.9 Å². The highest BCUT2D eigenvalue weighted by Gasteiger charge is 2.32. The van der Waals surface area contributed by atoms with Crippen LogP contribution in [0.15, 0.2) is 60.8 Å². The predicted molar refractivity (Wildman–Crippen MR) is 176 cm³/mol. The fourth-order valence-electron chi connectivity index (χ4n) is 5.17. The van der Waals surface area contributed by atoms with Gasteiger partial charge in [0, 0.05) is 46.4 Å². The Morgan fingerprint density at radius 1 is 0.979 bits per heavy atom. The van der Waals surface area contributed by atoms with Crippen LogP contribution in [-0.4, -0.2) is 67.3 Å². The minimum atomic E-state index is -1.30. The number of nitrogens with one attached hydrogen (secondary N) is 3. The number of benzene rings is 2. The van der Waals surface area contributed by atoms with Crippen LogP contribution >= 0.6 is 23.4 Å². The van der Waals surface area contributed by atoms with E-state index in [9.17, 15) is 29.1 Å². The summed E-state index contributed by atoms with van der Waals surface area (Å²) in [6.45, 7) is 0.365. The van der Waals surface area contributed by atoms with Gasteiger partial charge in [-0.05, 0) is 67.4 Å². The summed E-state index contributed by atoms with van der Waals surface area (Å²) < 4.78 is 0. The molecule has 5 rings (SSSR count). The maximum Gasteiger partial charge on any atom is 0.326 e. The Morgan fingerprint density at radius 3 is 2.44 bits per heavy atom. The molecule has 3 amide bonds. The third-order valence-corrected chi connectivity index (χ3v) is 7.87. The first-order valence-corrected chi connectivity index (χ1v) is 15.2. The first-order valence-electron chi connectivity index (χ1n) is 14.5. The number of hydrazine groups is 1. The molecule has 1 aliphatic heterocycles. The molecule has 4 aromatic rings. The lowest BCUT2D eigenvalue weighted by atomic mass is 10.0. The van der Waals surface area contributed by atoms with Gasteiger partial charge in [-0.1, -0.05) is 35.6 Å². The first-order chi connectivity index (χ1) is 23.0. The molecule has 2 aromatic heterocycles. The predicted octanol–water partition coefficient (Wildman–Crippen LogP) is 4.23. The number of likely N-dealkylation sites (tertiary alicyclic amines) is 1. The molecule has 15 heteroatoms. The zero-order valence-electron chi connectivity index (χ0n) is 24.9. The summed E-state index contributed by atoms with van der Waals surface area (Å²) in [5.41, 5.74) is 5.19. The van der Waals surface area contributed by atoms with Gasteiger partial charge in [-0.3, -0.25) is 24.6 Å². The van der Waals surface area contributed by atoms with E-state index in [1.807, 2.05) is 0 Å². The smallest absolute Gasteiger partial charge is 0.326 e. The number of aromatic nitrogens is 2. The normalized spacial score (nSPS) is 14.0. The van der Waals surface area contributed by atoms with E-state index in [1.54, 1.807) is 42.5 Å². The van der Waals surface area contributed by atoms with Crippen LogP contribution in [0.3, 0.4) is 0 Å². The zero-order chi connectivity index (χ0) is 34.4. The van der Waals surface area contributed by atoms with E-state index in [0.717, 1.165) is 12.8 Å². The summed E-state index contributed by atoms with van der Waals surface area (Å²) in [6.07, 6.45) is 2.47. The number of hydrogen-bond donors (Lipinski definition) is 5. The third kappa shape index (κ3) is 7.87. The minimum Gasteiger partial charge on any atom is -0.481 e. The number of carbonyl (C=O) groups excluding carboxylic acids is 3. The number of rotatable bonds is 8. The van der Waals surface area contributed by atoms with Gasteiger partial charge in [0.1, 0.15) is 18.3 Å². The van der Waals surface area contributed by atoms with Crippen LogP contribution in [0.25, 0.3) is 22.2 Å². The lowest BCUT2D eigenvalue weighted by Gasteiger charge is -2.33. The highest BCUT2D eigenvalue weighted by atomic mass is 35.5. The topological polar surface area (TPSA) is 191 Å². The Morgan fingerprint density at radius 2 is 1.75 bits per heavy atom. The minimum absolute atomic E-state index is 0.0536. The standard InChI is InChI=1S/C33H26Cl2N6O7/c34-24-13-21(32(46)41-12-2-1-3-27(41)33(47)48)11-10-19(24)7-4-18-5-8-20(9-6-18)25-14-22(31(45)39-40-35)23-17-36-28(15-26(23)37-25)38-29(42)16-30(43)44/h5-6,8-11,13-15,17,27,40H,1-3,12,16H2,(H,39,45)(H,43,44)(H,47,48)(H,36,38,42)/t27-/m0/s1. The summed E-state index contributed by atoms with van der Waals surface area (Å²) in [5, 5.41) is 21.4. The Hall–Kier alpha value is -5.55. The maximum atomic E-state index is 13.1. The van der Waals surface area contributed by atoms with Crippen molar-refractivity contribution in [2.45, 2.75) is 31.7 Å². The van der Waals surface area contributed by atoms with Gasteiger partial charge in [0.05, 0.1) is 21.8 Å². The summed E-state index contributed by atoms with van der Waals surface area (Å²) in [6, 6.07) is 13.8. The van der Waals surface area contributed by atoms with Crippen LogP contribution in [-0.2, 0) is 14.4 Å². The molecule has 0 saturated carbocycles. The fraction of sp³-hybridized carbons (Fsp3) is 0.182. The van der Waals surface area contributed by atoms with E-state index < -0.39 is 42.1 Å². The molecule has 5 N–H and O–H groups in total. The zero-order valence-corrected chi connectivity index (χ0v) is 26.4. The molecule has 0 aliphatic carbocycles. The number of amides is 3. The lowest BCUT2D eigenvalue weighted by molar-refractivity contribution is -0.143. The Bertz CT molecular complexity index is 2010. The van der Waals surface area contributed by atoms with Crippen molar-refractivity contribution < 1.29 is 34.2 Å². The molecule has 13 nitrogen and oxygen atoms in total. The van der Waals surface area contributed by atoms with Gasteiger partial charge in [0.15, 0.2) is 0 Å². The lowest BCUT2D eigenvalue weighted by Crippen LogP contribution is -2.47. The van der Waals surface area contributed by atoms with Crippen molar-refractivity contribution in [3.05, 3.63) is 88.1 Å². The van der Waals surface area contributed by atoms with E-state index in [2.05, 4.69) is 37.5 Å². The molecule has 0 spiro atoms. The summed E-state index contributed by atoms with van der Waals surface area (Å²) in [7, 11) is 0. The average Bonchev–Trinajstić information content (AvgIpc) is 3.06. The monoisotopic (exact) mass is 688 g/mol. The quantitative estimate of drug-likeness (QED) is 0.0775. The average molecular weight is 690 g/mol. The number of anilines is 1. The molecule has 2 aromatic carbocycles. The maximum absolute atomic E-state index is 13.1. The van der Waals surface area contributed by atoms with Crippen molar-refractivity contribution in [2.24, 2.45) is 0 Å². The van der Waals surface area contributed by atoms with Crippen LogP contribution < -0.4 is 15.7 Å². The number of carboxylic acids is 2. The van der Waals surface area contributed by atoms with Gasteiger partial charge in [-0.15, -0.1) is 4.94 Å². The van der Waals surface area contributed by atoms with Crippen LogP contribution in [0, 0.1) is 11.8 Å². The van der Waals surface area contributed by atoms with E-state index in [4.69, 9.17) is 28.5 Å². The molecule has 0 radical (unpaired) electrons. The number of carboxylic acid groups (broad SMARTS) is 2. The van der Waals surface area contributed by atoms with Crippen molar-refractivity contribution in [3.8, 4) is 23.1 Å². The second kappa shape index (κ2) is 14.9. The second-order valence-electron chi connectivity index (χ2n) is 10.7. The molecule has 1 aliphatic rings. The number of pyridine rings is 2. The number of fused-ring (bicyclic) bond motifs is 1. The molecular weight excluding hydrogens is 663 g/mol. The number of piperidine rings is 1. The van der Waals surface area contributed by atoms with Crippen LogP contribution in [0.5, 0.6) is 0 Å². The Balaban J connectivity index is 1.38. The molecular formula is C33H26Cl2N6O7. The van der Waals surface area contributed by atoms with Crippen LogP contribution in [0.4, 0.5) is 5.82 Å². The van der Waals surface area contributed by atoms with Crippen LogP contribution in [0.2, 0.25) is 5.02 Å². The van der Waals surface area contributed by atoms with E-state index >= 15 is 0 Å². The highest BCUT2D eigenvalue weighted by Crippen LogP contribution is 2.27. The molecule has 0 unspecified atom stereocenters.